The number of hydrogen-bond acceptors (Lipinski definition) is 6. The fourth-order valence-electron chi connectivity index (χ4n) is 3.08. The standard InChI is InChI=1S/C25H24ClN3O5S/c1-18-3-13-23(14-4-18)35(32,33)29(16-20-7-11-22(26)12-8-20)17-24(30)28-27-15-19-5-9-21(10-6-19)25(31)34-2/h3-15H,16-17H2,1-2H3,(H,28,30). The maximum atomic E-state index is 13.3. The fraction of sp³-hybridized carbons (Fsp3) is 0.160. The van der Waals surface area contributed by atoms with E-state index < -0.39 is 28.4 Å². The van der Waals surface area contributed by atoms with Gasteiger partial charge >= 0.3 is 5.97 Å². The first-order valence-corrected chi connectivity index (χ1v) is 12.3. The molecule has 3 aromatic carbocycles. The molecule has 10 heteroatoms. The highest BCUT2D eigenvalue weighted by Crippen LogP contribution is 2.20. The molecule has 1 amide bonds. The Morgan fingerprint density at radius 1 is 1.00 bits per heavy atom. The van der Waals surface area contributed by atoms with Crippen LogP contribution in [-0.2, 0) is 26.1 Å². The van der Waals surface area contributed by atoms with Crippen molar-refractivity contribution in [1.82, 2.24) is 9.73 Å². The van der Waals surface area contributed by atoms with Crippen molar-refractivity contribution in [3.8, 4) is 0 Å². The summed E-state index contributed by atoms with van der Waals surface area (Å²) in [5.74, 6) is -1.07. The number of carbonyl (C=O) groups is 2. The molecular formula is C25H24ClN3O5S. The predicted octanol–water partition coefficient (Wildman–Crippen LogP) is 3.78. The summed E-state index contributed by atoms with van der Waals surface area (Å²) in [6.07, 6.45) is 1.39. The molecule has 3 rings (SSSR count). The van der Waals surface area contributed by atoms with Crippen molar-refractivity contribution in [3.63, 3.8) is 0 Å². The first-order chi connectivity index (χ1) is 16.7. The Labute approximate surface area is 209 Å². The third-order valence-corrected chi connectivity index (χ3v) is 7.04. The minimum atomic E-state index is -3.97. The molecule has 3 aromatic rings. The summed E-state index contributed by atoms with van der Waals surface area (Å²) in [5, 5.41) is 4.42. The number of halogens is 1. The van der Waals surface area contributed by atoms with Gasteiger partial charge in [-0.2, -0.15) is 9.41 Å². The molecule has 35 heavy (non-hydrogen) atoms. The normalized spacial score (nSPS) is 11.5. The third kappa shape index (κ3) is 7.22. The number of hydrazone groups is 1. The molecule has 182 valence electrons. The molecular weight excluding hydrogens is 490 g/mol. The van der Waals surface area contributed by atoms with Crippen molar-refractivity contribution in [2.24, 2.45) is 5.10 Å². The molecule has 1 N–H and O–H groups in total. The number of nitrogens with zero attached hydrogens (tertiary/aromatic N) is 2. The predicted molar refractivity (Wildman–Crippen MR) is 134 cm³/mol. The summed E-state index contributed by atoms with van der Waals surface area (Å²) >= 11 is 5.94. The Bertz CT molecular complexity index is 1310. The molecule has 0 heterocycles. The van der Waals surface area contributed by atoms with E-state index in [2.05, 4.69) is 15.3 Å². The number of benzene rings is 3. The smallest absolute Gasteiger partial charge is 0.337 e. The van der Waals surface area contributed by atoms with Gasteiger partial charge in [0.15, 0.2) is 0 Å². The topological polar surface area (TPSA) is 105 Å². The van der Waals surface area contributed by atoms with Crippen LogP contribution in [0, 0.1) is 6.92 Å². The summed E-state index contributed by atoms with van der Waals surface area (Å²) < 4.78 is 32.3. The quantitative estimate of drug-likeness (QED) is 0.266. The molecule has 8 nitrogen and oxygen atoms in total. The summed E-state index contributed by atoms with van der Waals surface area (Å²) in [6, 6.07) is 19.5. The maximum absolute atomic E-state index is 13.3. The van der Waals surface area contributed by atoms with Gasteiger partial charge in [-0.1, -0.05) is 53.6 Å². The summed E-state index contributed by atoms with van der Waals surface area (Å²) in [5.41, 5.74) is 4.95. The van der Waals surface area contributed by atoms with Crippen molar-refractivity contribution in [3.05, 3.63) is 100 Å². The van der Waals surface area contributed by atoms with Crippen LogP contribution in [-0.4, -0.2) is 44.5 Å². The maximum Gasteiger partial charge on any atom is 0.337 e. The number of nitrogens with one attached hydrogen (secondary N) is 1. The summed E-state index contributed by atoms with van der Waals surface area (Å²) in [6.45, 7) is 1.38. The average molecular weight is 514 g/mol. The van der Waals surface area contributed by atoms with E-state index in [1.165, 1.54) is 25.5 Å². The number of amides is 1. The van der Waals surface area contributed by atoms with E-state index >= 15 is 0 Å². The number of methoxy groups -OCH3 is 1. The highest BCUT2D eigenvalue weighted by atomic mass is 35.5. The molecule has 0 atom stereocenters. The van der Waals surface area contributed by atoms with Crippen molar-refractivity contribution in [2.45, 2.75) is 18.4 Å². The SMILES string of the molecule is COC(=O)c1ccc(C=NNC(=O)CN(Cc2ccc(Cl)cc2)S(=O)(=O)c2ccc(C)cc2)cc1. The van der Waals surface area contributed by atoms with Crippen LogP contribution in [0.3, 0.4) is 0 Å². The van der Waals surface area contributed by atoms with Crippen LogP contribution in [0.5, 0.6) is 0 Å². The van der Waals surface area contributed by atoms with E-state index in [-0.39, 0.29) is 11.4 Å². The van der Waals surface area contributed by atoms with Gasteiger partial charge in [-0.05, 0) is 54.4 Å². The lowest BCUT2D eigenvalue weighted by atomic mass is 10.1. The lowest BCUT2D eigenvalue weighted by Gasteiger charge is -2.21. The van der Waals surface area contributed by atoms with Crippen molar-refractivity contribution >= 4 is 39.7 Å². The second-order valence-corrected chi connectivity index (χ2v) is 9.99. The van der Waals surface area contributed by atoms with Crippen molar-refractivity contribution in [1.29, 1.82) is 0 Å². The summed E-state index contributed by atoms with van der Waals surface area (Å²) in [4.78, 5) is 24.2. The lowest BCUT2D eigenvalue weighted by Crippen LogP contribution is -2.39. The van der Waals surface area contributed by atoms with Gasteiger partial charge < -0.3 is 4.74 Å². The lowest BCUT2D eigenvalue weighted by molar-refractivity contribution is -0.121. The molecule has 0 unspecified atom stereocenters. The fourth-order valence-corrected chi connectivity index (χ4v) is 4.59. The molecule has 0 saturated heterocycles. The average Bonchev–Trinajstić information content (AvgIpc) is 2.85. The zero-order valence-corrected chi connectivity index (χ0v) is 20.7. The van der Waals surface area contributed by atoms with Gasteiger partial charge in [0.2, 0.25) is 10.0 Å². The Kier molecular flexibility index (Phi) is 8.75. The van der Waals surface area contributed by atoms with Gasteiger partial charge in [0.25, 0.3) is 5.91 Å². The van der Waals surface area contributed by atoms with Gasteiger partial charge in [0.1, 0.15) is 0 Å². The molecule has 0 saturated carbocycles. The van der Waals surface area contributed by atoms with Gasteiger partial charge in [-0.15, -0.1) is 0 Å². The van der Waals surface area contributed by atoms with Crippen LogP contribution in [0.25, 0.3) is 0 Å². The van der Waals surface area contributed by atoms with Gasteiger partial charge in [-0.3, -0.25) is 4.79 Å². The largest absolute Gasteiger partial charge is 0.465 e. The third-order valence-electron chi connectivity index (χ3n) is 4.99. The van der Waals surface area contributed by atoms with Crippen molar-refractivity contribution in [2.75, 3.05) is 13.7 Å². The number of hydrogen-bond donors (Lipinski definition) is 1. The van der Waals surface area contributed by atoms with Crippen LogP contribution in [0.4, 0.5) is 0 Å². The van der Waals surface area contributed by atoms with Crippen LogP contribution in [0.2, 0.25) is 5.02 Å². The van der Waals surface area contributed by atoms with E-state index in [0.717, 1.165) is 9.87 Å². The second-order valence-electron chi connectivity index (χ2n) is 7.62. The number of sulfonamides is 1. The van der Waals surface area contributed by atoms with Gasteiger partial charge in [-0.25, -0.2) is 18.6 Å². The highest BCUT2D eigenvalue weighted by molar-refractivity contribution is 7.89. The highest BCUT2D eigenvalue weighted by Gasteiger charge is 2.27. The number of carbonyl (C=O) groups excluding carboxylic acids is 2. The van der Waals surface area contributed by atoms with E-state index in [1.807, 2.05) is 6.92 Å². The minimum Gasteiger partial charge on any atom is -0.465 e. The molecule has 0 aliphatic heterocycles. The van der Waals surface area contributed by atoms with E-state index in [1.54, 1.807) is 60.7 Å². The Balaban J connectivity index is 1.74. The van der Waals surface area contributed by atoms with Gasteiger partial charge in [0.05, 0.1) is 30.3 Å². The summed E-state index contributed by atoms with van der Waals surface area (Å²) in [7, 11) is -2.68. The zero-order chi connectivity index (χ0) is 25.4. The Morgan fingerprint density at radius 3 is 2.23 bits per heavy atom. The Hall–Kier alpha value is -3.53. The molecule has 0 bridgehead atoms. The molecule has 0 aromatic heterocycles. The van der Waals surface area contributed by atoms with E-state index in [0.29, 0.717) is 21.7 Å². The number of esters is 1. The van der Waals surface area contributed by atoms with Crippen LogP contribution < -0.4 is 5.43 Å². The Morgan fingerprint density at radius 2 is 1.63 bits per heavy atom. The first kappa shape index (κ1) is 26.1. The van der Waals surface area contributed by atoms with E-state index in [9.17, 15) is 18.0 Å². The molecule has 0 fully saturated rings. The van der Waals surface area contributed by atoms with Crippen molar-refractivity contribution < 1.29 is 22.7 Å². The first-order valence-electron chi connectivity index (χ1n) is 10.5. The molecule has 0 aliphatic carbocycles. The zero-order valence-electron chi connectivity index (χ0n) is 19.1. The number of rotatable bonds is 9. The number of ether oxygens (including phenoxy) is 1. The van der Waals surface area contributed by atoms with Crippen LogP contribution in [0.15, 0.2) is 82.8 Å². The molecule has 0 radical (unpaired) electrons. The molecule has 0 spiro atoms. The number of aryl methyl sites for hydroxylation is 1. The monoisotopic (exact) mass is 513 g/mol. The second kappa shape index (κ2) is 11.7. The van der Waals surface area contributed by atoms with Gasteiger partial charge in [0, 0.05) is 11.6 Å². The van der Waals surface area contributed by atoms with E-state index in [4.69, 9.17) is 11.6 Å². The van der Waals surface area contributed by atoms with Crippen LogP contribution in [0.1, 0.15) is 27.0 Å². The minimum absolute atomic E-state index is 0.0283. The van der Waals surface area contributed by atoms with Crippen LogP contribution >= 0.6 is 11.6 Å². The molecule has 0 aliphatic rings.